The van der Waals surface area contributed by atoms with E-state index in [1.54, 1.807) is 12.1 Å². The van der Waals surface area contributed by atoms with Gasteiger partial charge in [0.15, 0.2) is 0 Å². The van der Waals surface area contributed by atoms with Crippen LogP contribution in [-0.4, -0.2) is 17.8 Å². The Morgan fingerprint density at radius 1 is 0.935 bits per heavy atom. The van der Waals surface area contributed by atoms with E-state index in [0.717, 1.165) is 0 Å². The average molecular weight is 450 g/mol. The van der Waals surface area contributed by atoms with Crippen LogP contribution in [0.5, 0.6) is 0 Å². The minimum Gasteiger partial charge on any atom is -0.396 e. The molecule has 9 heteroatoms. The van der Waals surface area contributed by atoms with E-state index in [0.29, 0.717) is 30.5 Å². The first-order valence-electron chi connectivity index (χ1n) is 9.71. The van der Waals surface area contributed by atoms with Crippen LogP contribution in [0.15, 0.2) is 42.5 Å². The number of halogens is 7. The van der Waals surface area contributed by atoms with Crippen LogP contribution in [0.2, 0.25) is 0 Å². The molecule has 0 saturated heterocycles. The fraction of sp³-hybridized carbons (Fsp3) is 0.455. The summed E-state index contributed by atoms with van der Waals surface area (Å²) in [6.45, 7) is 1.22. The molecule has 1 aliphatic rings. The minimum absolute atomic E-state index is 0.0783. The molecule has 0 heterocycles. The lowest BCUT2D eigenvalue weighted by Crippen LogP contribution is -2.24. The Hall–Kier alpha value is -2.13. The maximum Gasteiger partial charge on any atom is 0.416 e. The molecular formula is C22H21F7O2. The Morgan fingerprint density at radius 3 is 1.97 bits per heavy atom. The first kappa shape index (κ1) is 23.5. The van der Waals surface area contributed by atoms with Gasteiger partial charge in [0, 0.05) is 12.5 Å². The van der Waals surface area contributed by atoms with Crippen LogP contribution in [0.1, 0.15) is 54.0 Å². The van der Waals surface area contributed by atoms with Crippen LogP contribution in [0, 0.1) is 11.7 Å². The molecule has 1 N–H and O–H groups in total. The van der Waals surface area contributed by atoms with Crippen molar-refractivity contribution in [2.75, 3.05) is 6.61 Å². The monoisotopic (exact) mass is 450 g/mol. The van der Waals surface area contributed by atoms with Crippen molar-refractivity contribution in [3.05, 3.63) is 70.5 Å². The van der Waals surface area contributed by atoms with Crippen molar-refractivity contribution in [1.29, 1.82) is 0 Å². The minimum atomic E-state index is -4.94. The van der Waals surface area contributed by atoms with E-state index in [1.165, 1.54) is 19.1 Å². The standard InChI is InChI=1S/C22H21F7O2/c1-12(15-8-16(21(24,25)26)10-17(9-15)22(27,28)29)31-19-7-4-14(11-30)20(19)13-2-5-18(23)6-3-13/h2-3,5-6,8-10,12,14,19-20,30H,4,7,11H2,1H3/t12?,14-,19-,20-/m0/s1. The molecule has 0 amide bonds. The van der Waals surface area contributed by atoms with Crippen molar-refractivity contribution >= 4 is 0 Å². The van der Waals surface area contributed by atoms with E-state index < -0.39 is 41.5 Å². The molecule has 2 aromatic rings. The lowest BCUT2D eigenvalue weighted by atomic mass is 9.88. The number of aliphatic hydroxyl groups is 1. The van der Waals surface area contributed by atoms with Gasteiger partial charge in [-0.2, -0.15) is 26.3 Å². The molecule has 0 radical (unpaired) electrons. The number of hydrogen-bond acceptors (Lipinski definition) is 2. The SMILES string of the molecule is CC(O[C@H]1CC[C@@H](CO)[C@@H]1c1ccc(F)cc1)c1cc(C(F)(F)F)cc(C(F)(F)F)c1. The molecule has 0 aromatic heterocycles. The third kappa shape index (κ3) is 5.38. The fourth-order valence-electron chi connectivity index (χ4n) is 4.12. The van der Waals surface area contributed by atoms with Crippen molar-refractivity contribution in [2.45, 2.75) is 50.2 Å². The second kappa shape index (κ2) is 8.78. The van der Waals surface area contributed by atoms with Crippen molar-refractivity contribution < 1.29 is 40.6 Å². The average Bonchev–Trinajstić information content (AvgIpc) is 3.09. The summed E-state index contributed by atoms with van der Waals surface area (Å²) >= 11 is 0. The van der Waals surface area contributed by atoms with Crippen LogP contribution in [0.25, 0.3) is 0 Å². The van der Waals surface area contributed by atoms with Gasteiger partial charge in [-0.1, -0.05) is 12.1 Å². The zero-order chi connectivity index (χ0) is 23.0. The Morgan fingerprint density at radius 2 is 1.48 bits per heavy atom. The summed E-state index contributed by atoms with van der Waals surface area (Å²) < 4.78 is 98.1. The second-order valence-corrected chi connectivity index (χ2v) is 7.75. The summed E-state index contributed by atoms with van der Waals surface area (Å²) in [6.07, 6.45) is -10.5. The third-order valence-corrected chi connectivity index (χ3v) is 5.68. The number of hydrogen-bond donors (Lipinski definition) is 1. The van der Waals surface area contributed by atoms with E-state index in [1.807, 2.05) is 0 Å². The van der Waals surface area contributed by atoms with Crippen LogP contribution >= 0.6 is 0 Å². The van der Waals surface area contributed by atoms with Gasteiger partial charge in [-0.05, 0) is 67.1 Å². The van der Waals surface area contributed by atoms with E-state index in [-0.39, 0.29) is 30.1 Å². The third-order valence-electron chi connectivity index (χ3n) is 5.68. The maximum absolute atomic E-state index is 13.3. The Kier molecular flexibility index (Phi) is 6.67. The van der Waals surface area contributed by atoms with Crippen molar-refractivity contribution in [1.82, 2.24) is 0 Å². The van der Waals surface area contributed by atoms with Crippen molar-refractivity contribution in [2.24, 2.45) is 5.92 Å². The first-order valence-corrected chi connectivity index (χ1v) is 9.71. The van der Waals surface area contributed by atoms with Crippen molar-refractivity contribution in [3.63, 3.8) is 0 Å². The van der Waals surface area contributed by atoms with Gasteiger partial charge in [-0.3, -0.25) is 0 Å². The normalized spacial score (nSPS) is 23.2. The van der Waals surface area contributed by atoms with Gasteiger partial charge < -0.3 is 9.84 Å². The quantitative estimate of drug-likeness (QED) is 0.528. The molecule has 2 aromatic carbocycles. The van der Waals surface area contributed by atoms with Gasteiger partial charge in [-0.25, -0.2) is 4.39 Å². The van der Waals surface area contributed by atoms with E-state index in [2.05, 4.69) is 0 Å². The van der Waals surface area contributed by atoms with Gasteiger partial charge >= 0.3 is 12.4 Å². The zero-order valence-corrected chi connectivity index (χ0v) is 16.5. The molecule has 31 heavy (non-hydrogen) atoms. The highest BCUT2D eigenvalue weighted by atomic mass is 19.4. The smallest absolute Gasteiger partial charge is 0.396 e. The number of aliphatic hydroxyl groups excluding tert-OH is 1. The second-order valence-electron chi connectivity index (χ2n) is 7.75. The highest BCUT2D eigenvalue weighted by Gasteiger charge is 2.40. The number of benzene rings is 2. The van der Waals surface area contributed by atoms with Crippen molar-refractivity contribution in [3.8, 4) is 0 Å². The lowest BCUT2D eigenvalue weighted by molar-refractivity contribution is -0.143. The Balaban J connectivity index is 1.90. The molecule has 1 unspecified atom stereocenters. The summed E-state index contributed by atoms with van der Waals surface area (Å²) in [5.74, 6) is -1.02. The molecule has 1 saturated carbocycles. The maximum atomic E-state index is 13.3. The van der Waals surface area contributed by atoms with Crippen LogP contribution in [0.4, 0.5) is 30.7 Å². The van der Waals surface area contributed by atoms with Crippen LogP contribution < -0.4 is 0 Å². The summed E-state index contributed by atoms with van der Waals surface area (Å²) in [5, 5.41) is 9.69. The molecule has 1 fully saturated rings. The highest BCUT2D eigenvalue weighted by molar-refractivity contribution is 5.35. The fourth-order valence-corrected chi connectivity index (χ4v) is 4.12. The first-order chi connectivity index (χ1) is 14.4. The van der Waals surface area contributed by atoms with Crippen LogP contribution in [-0.2, 0) is 17.1 Å². The molecule has 1 aliphatic carbocycles. The van der Waals surface area contributed by atoms with Gasteiger partial charge in [0.05, 0.1) is 23.3 Å². The van der Waals surface area contributed by atoms with E-state index in [4.69, 9.17) is 4.74 Å². The molecule has 170 valence electrons. The zero-order valence-electron chi connectivity index (χ0n) is 16.5. The Bertz CT molecular complexity index is 858. The van der Waals surface area contributed by atoms with Crippen LogP contribution in [0.3, 0.4) is 0 Å². The molecule has 0 bridgehead atoms. The molecule has 3 rings (SSSR count). The van der Waals surface area contributed by atoms with Gasteiger partial charge in [0.25, 0.3) is 0 Å². The van der Waals surface area contributed by atoms with E-state index >= 15 is 0 Å². The van der Waals surface area contributed by atoms with Gasteiger partial charge in [0.2, 0.25) is 0 Å². The number of ether oxygens (including phenoxy) is 1. The molecule has 2 nitrogen and oxygen atoms in total. The summed E-state index contributed by atoms with van der Waals surface area (Å²) in [5.41, 5.74) is -2.35. The summed E-state index contributed by atoms with van der Waals surface area (Å²) in [6, 6.07) is 6.99. The van der Waals surface area contributed by atoms with Gasteiger partial charge in [0.1, 0.15) is 5.82 Å². The molecule has 0 aliphatic heterocycles. The highest BCUT2D eigenvalue weighted by Crippen LogP contribution is 2.44. The van der Waals surface area contributed by atoms with Gasteiger partial charge in [-0.15, -0.1) is 0 Å². The predicted octanol–water partition coefficient (Wildman–Crippen LogP) is 6.50. The summed E-state index contributed by atoms with van der Waals surface area (Å²) in [7, 11) is 0. The molecule has 0 spiro atoms. The molecular weight excluding hydrogens is 429 g/mol. The van der Waals surface area contributed by atoms with E-state index in [9.17, 15) is 35.8 Å². The Labute approximate surface area is 174 Å². The summed E-state index contributed by atoms with van der Waals surface area (Å²) in [4.78, 5) is 0. The predicted molar refractivity (Wildman–Crippen MR) is 98.7 cm³/mol. The topological polar surface area (TPSA) is 29.5 Å². The lowest BCUT2D eigenvalue weighted by Gasteiger charge is -2.28. The number of rotatable bonds is 5. The number of alkyl halides is 6. The molecule has 4 atom stereocenters. The largest absolute Gasteiger partial charge is 0.416 e.